The molecule has 29 heavy (non-hydrogen) atoms. The quantitative estimate of drug-likeness (QED) is 0.716. The molecule has 1 aliphatic heterocycles. The second kappa shape index (κ2) is 7.35. The summed E-state index contributed by atoms with van der Waals surface area (Å²) in [5, 5.41) is 14.0. The highest BCUT2D eigenvalue weighted by Gasteiger charge is 2.27. The first-order valence-electron chi connectivity index (χ1n) is 10.1. The minimum absolute atomic E-state index is 0.00532. The molecule has 2 fully saturated rings. The number of fused-ring (bicyclic) bond motifs is 1. The number of aromatic nitrogens is 4. The van der Waals surface area contributed by atoms with Gasteiger partial charge in [0.2, 0.25) is 5.88 Å². The zero-order valence-electron chi connectivity index (χ0n) is 16.1. The van der Waals surface area contributed by atoms with E-state index in [1.807, 2.05) is 23.2 Å². The van der Waals surface area contributed by atoms with Gasteiger partial charge in [0, 0.05) is 31.3 Å². The predicted octanol–water partition coefficient (Wildman–Crippen LogP) is 2.64. The molecule has 0 unspecified atom stereocenters. The second-order valence-corrected chi connectivity index (χ2v) is 7.89. The number of nitrogens with zero attached hydrogens (tertiary/aromatic N) is 5. The summed E-state index contributed by atoms with van der Waals surface area (Å²) in [6.07, 6.45) is 8.99. The molecule has 1 aliphatic carbocycles. The van der Waals surface area contributed by atoms with Crippen LogP contribution < -0.4 is 4.74 Å². The lowest BCUT2D eigenvalue weighted by Gasteiger charge is -2.31. The zero-order chi connectivity index (χ0) is 19.8. The van der Waals surface area contributed by atoms with Gasteiger partial charge in [-0.05, 0) is 43.7 Å². The van der Waals surface area contributed by atoms with Gasteiger partial charge in [-0.1, -0.05) is 0 Å². The molecule has 0 bridgehead atoms. The van der Waals surface area contributed by atoms with Crippen LogP contribution in [0.2, 0.25) is 0 Å². The highest BCUT2D eigenvalue weighted by atomic mass is 16.5. The smallest absolute Gasteiger partial charge is 0.255 e. The first-order valence-corrected chi connectivity index (χ1v) is 10.1. The minimum Gasteiger partial charge on any atom is -0.506 e. The van der Waals surface area contributed by atoms with Crippen LogP contribution >= 0.6 is 0 Å². The van der Waals surface area contributed by atoms with Crippen molar-refractivity contribution >= 4 is 11.6 Å². The molecule has 1 amide bonds. The van der Waals surface area contributed by atoms with E-state index in [1.165, 1.54) is 31.3 Å². The molecule has 8 nitrogen and oxygen atoms in total. The van der Waals surface area contributed by atoms with Crippen LogP contribution in [0.25, 0.3) is 5.65 Å². The molecular weight excluding hydrogens is 370 g/mol. The van der Waals surface area contributed by atoms with Crippen LogP contribution in [-0.2, 0) is 0 Å². The lowest BCUT2D eigenvalue weighted by molar-refractivity contribution is 0.0658. The number of hydrogen-bond acceptors (Lipinski definition) is 6. The van der Waals surface area contributed by atoms with Gasteiger partial charge in [0.05, 0.1) is 30.3 Å². The number of piperidine rings is 1. The van der Waals surface area contributed by atoms with Crippen molar-refractivity contribution in [3.05, 3.63) is 48.0 Å². The molecular formula is C21H23N5O3. The Hall–Kier alpha value is -3.16. The number of aromatic hydroxyl groups is 1. The Morgan fingerprint density at radius 2 is 2.00 bits per heavy atom. The van der Waals surface area contributed by atoms with Crippen molar-refractivity contribution < 1.29 is 14.6 Å². The summed E-state index contributed by atoms with van der Waals surface area (Å²) in [5.41, 5.74) is 2.39. The average molecular weight is 393 g/mol. The van der Waals surface area contributed by atoms with E-state index >= 15 is 0 Å². The first-order chi connectivity index (χ1) is 14.2. The third-order valence-electron chi connectivity index (χ3n) is 5.65. The van der Waals surface area contributed by atoms with Crippen molar-refractivity contribution in [2.45, 2.75) is 31.6 Å². The van der Waals surface area contributed by atoms with E-state index in [1.54, 1.807) is 4.52 Å². The molecule has 4 heterocycles. The number of imidazole rings is 1. The largest absolute Gasteiger partial charge is 0.506 e. The van der Waals surface area contributed by atoms with Crippen LogP contribution in [0.3, 0.4) is 0 Å². The van der Waals surface area contributed by atoms with Gasteiger partial charge < -0.3 is 14.7 Å². The molecule has 1 N–H and O–H groups in total. The summed E-state index contributed by atoms with van der Waals surface area (Å²) in [5.74, 6) is 1.49. The summed E-state index contributed by atoms with van der Waals surface area (Å²) < 4.78 is 7.73. The lowest BCUT2D eigenvalue weighted by Crippen LogP contribution is -2.39. The molecule has 0 atom stereocenters. The number of amides is 1. The number of pyridine rings is 1. The number of rotatable bonds is 5. The second-order valence-electron chi connectivity index (χ2n) is 7.89. The molecule has 5 rings (SSSR count). The van der Waals surface area contributed by atoms with E-state index in [-0.39, 0.29) is 11.7 Å². The van der Waals surface area contributed by atoms with Crippen molar-refractivity contribution in [2.24, 2.45) is 5.92 Å². The normalized spacial score (nSPS) is 17.6. The third-order valence-corrected chi connectivity index (χ3v) is 5.65. The number of hydrogen-bond donors (Lipinski definition) is 1. The van der Waals surface area contributed by atoms with Crippen LogP contribution in [-0.4, -0.2) is 55.2 Å². The monoisotopic (exact) mass is 393 g/mol. The average Bonchev–Trinajstić information content (AvgIpc) is 3.51. The maximum Gasteiger partial charge on any atom is 0.255 e. The Balaban J connectivity index is 1.15. The van der Waals surface area contributed by atoms with E-state index in [9.17, 15) is 9.90 Å². The van der Waals surface area contributed by atoms with E-state index in [0.717, 1.165) is 24.2 Å². The molecule has 3 aromatic heterocycles. The Kier molecular flexibility index (Phi) is 4.54. The summed E-state index contributed by atoms with van der Waals surface area (Å²) in [6.45, 7) is 1.92. The molecule has 1 saturated carbocycles. The van der Waals surface area contributed by atoms with Crippen molar-refractivity contribution in [3.63, 3.8) is 0 Å². The van der Waals surface area contributed by atoms with E-state index in [4.69, 9.17) is 4.74 Å². The molecule has 0 radical (unpaired) electrons. The number of ether oxygens (including phenoxy) is 1. The molecule has 8 heteroatoms. The predicted molar refractivity (Wildman–Crippen MR) is 105 cm³/mol. The fourth-order valence-electron chi connectivity index (χ4n) is 3.77. The molecule has 0 aromatic carbocycles. The van der Waals surface area contributed by atoms with Gasteiger partial charge in [-0.15, -0.1) is 5.10 Å². The number of likely N-dealkylation sites (tertiary alicyclic amines) is 1. The van der Waals surface area contributed by atoms with Crippen molar-refractivity contribution in [1.82, 2.24) is 24.5 Å². The van der Waals surface area contributed by atoms with Crippen LogP contribution in [0.5, 0.6) is 11.6 Å². The van der Waals surface area contributed by atoms with Gasteiger partial charge in [0.15, 0.2) is 5.65 Å². The fourth-order valence-corrected chi connectivity index (χ4v) is 3.77. The summed E-state index contributed by atoms with van der Waals surface area (Å²) in [6, 6.07) is 5.27. The van der Waals surface area contributed by atoms with Gasteiger partial charge in [0.25, 0.3) is 5.91 Å². The van der Waals surface area contributed by atoms with Gasteiger partial charge in [-0.3, -0.25) is 9.78 Å². The molecule has 1 saturated heterocycles. The van der Waals surface area contributed by atoms with Crippen molar-refractivity contribution in [3.8, 4) is 11.6 Å². The van der Waals surface area contributed by atoms with E-state index in [0.29, 0.717) is 43.0 Å². The SMILES string of the molecule is O=C(c1cncc(O)c1)N1CCC(COc2ccc3nc(C4CC4)cn3n2)CC1. The Morgan fingerprint density at radius 1 is 1.17 bits per heavy atom. The number of carbonyl (C=O) groups is 1. The highest BCUT2D eigenvalue weighted by Crippen LogP contribution is 2.39. The maximum absolute atomic E-state index is 12.5. The molecule has 150 valence electrons. The summed E-state index contributed by atoms with van der Waals surface area (Å²) >= 11 is 0. The van der Waals surface area contributed by atoms with E-state index in [2.05, 4.69) is 15.1 Å². The van der Waals surface area contributed by atoms with Crippen LogP contribution in [0.1, 0.15) is 47.7 Å². The Labute approximate surface area is 168 Å². The molecule has 0 spiro atoms. The molecule has 2 aliphatic rings. The van der Waals surface area contributed by atoms with Crippen molar-refractivity contribution in [2.75, 3.05) is 19.7 Å². The van der Waals surface area contributed by atoms with Crippen molar-refractivity contribution in [1.29, 1.82) is 0 Å². The highest BCUT2D eigenvalue weighted by molar-refractivity contribution is 5.94. The van der Waals surface area contributed by atoms with Crippen LogP contribution in [0.4, 0.5) is 0 Å². The standard InChI is InChI=1S/C21H23N5O3/c27-17-9-16(10-22-11-17)21(28)25-7-5-14(6-8-25)13-29-20-4-3-19-23-18(15-1-2-15)12-26(19)24-20/h3-4,9-12,14-15,27H,1-2,5-8,13H2. The topological polar surface area (TPSA) is 92.8 Å². The Bertz CT molecular complexity index is 1040. The van der Waals surface area contributed by atoms with Gasteiger partial charge >= 0.3 is 0 Å². The summed E-state index contributed by atoms with van der Waals surface area (Å²) in [4.78, 5) is 22.8. The summed E-state index contributed by atoms with van der Waals surface area (Å²) in [7, 11) is 0. The van der Waals surface area contributed by atoms with Crippen LogP contribution in [0, 0.1) is 5.92 Å². The zero-order valence-corrected chi connectivity index (χ0v) is 16.1. The molecule has 3 aromatic rings. The number of carbonyl (C=O) groups excluding carboxylic acids is 1. The fraction of sp³-hybridized carbons (Fsp3) is 0.429. The Morgan fingerprint density at radius 3 is 2.76 bits per heavy atom. The maximum atomic E-state index is 12.5. The first kappa shape index (κ1) is 17.9. The third kappa shape index (κ3) is 3.87. The lowest BCUT2D eigenvalue weighted by atomic mass is 9.97. The minimum atomic E-state index is -0.0912. The van der Waals surface area contributed by atoms with E-state index < -0.39 is 0 Å². The van der Waals surface area contributed by atoms with Gasteiger partial charge in [0.1, 0.15) is 5.75 Å². The van der Waals surface area contributed by atoms with Gasteiger partial charge in [-0.25, -0.2) is 9.50 Å². The van der Waals surface area contributed by atoms with Gasteiger partial charge in [-0.2, -0.15) is 0 Å². The van der Waals surface area contributed by atoms with Crippen LogP contribution in [0.15, 0.2) is 36.8 Å².